The predicted octanol–water partition coefficient (Wildman–Crippen LogP) is 5.35. The third-order valence-corrected chi connectivity index (χ3v) is 8.02. The van der Waals surface area contributed by atoms with Gasteiger partial charge in [0.05, 0.1) is 19.2 Å². The van der Waals surface area contributed by atoms with Crippen LogP contribution in [0.15, 0.2) is 59.6 Å². The van der Waals surface area contributed by atoms with Crippen LogP contribution in [0.3, 0.4) is 0 Å². The van der Waals surface area contributed by atoms with Gasteiger partial charge in [-0.25, -0.2) is 9.97 Å². The van der Waals surface area contributed by atoms with Gasteiger partial charge in [-0.05, 0) is 54.9 Å². The van der Waals surface area contributed by atoms with E-state index in [-0.39, 0.29) is 5.91 Å². The number of aliphatic imine (C=N–C) groups is 1. The first-order valence-electron chi connectivity index (χ1n) is 15.2. The van der Waals surface area contributed by atoms with E-state index in [2.05, 4.69) is 44.6 Å². The van der Waals surface area contributed by atoms with Gasteiger partial charge in [-0.2, -0.15) is 0 Å². The highest BCUT2D eigenvalue weighted by Gasteiger charge is 2.18. The Morgan fingerprint density at radius 1 is 0.977 bits per heavy atom. The molecule has 10 heteroatoms. The van der Waals surface area contributed by atoms with Gasteiger partial charge in [0.15, 0.2) is 17.3 Å². The van der Waals surface area contributed by atoms with Crippen molar-refractivity contribution in [1.82, 2.24) is 19.8 Å². The number of nitrogens with one attached hydrogen (secondary N) is 2. The summed E-state index contributed by atoms with van der Waals surface area (Å²) in [4.78, 5) is 31.4. The molecule has 228 valence electrons. The van der Waals surface area contributed by atoms with Gasteiger partial charge in [-0.1, -0.05) is 25.1 Å². The number of ether oxygens (including phenoxy) is 2. The molecule has 3 heterocycles. The van der Waals surface area contributed by atoms with Crippen LogP contribution in [0.2, 0.25) is 0 Å². The third kappa shape index (κ3) is 6.82. The number of anilines is 3. The van der Waals surface area contributed by atoms with Crippen molar-refractivity contribution in [3.8, 4) is 22.9 Å². The fourth-order valence-electron chi connectivity index (χ4n) is 5.49. The van der Waals surface area contributed by atoms with E-state index < -0.39 is 0 Å². The Balaban J connectivity index is 1.35. The van der Waals surface area contributed by atoms with Crippen molar-refractivity contribution in [2.24, 2.45) is 4.99 Å². The lowest BCUT2D eigenvalue weighted by Crippen LogP contribution is -2.45. The lowest BCUT2D eigenvalue weighted by Gasteiger charge is -2.32. The highest BCUT2D eigenvalue weighted by atomic mass is 16.5. The molecule has 4 aromatic rings. The maximum atomic E-state index is 12.3. The normalized spacial score (nSPS) is 14.9. The number of rotatable bonds is 11. The van der Waals surface area contributed by atoms with Crippen LogP contribution in [0.5, 0.6) is 11.5 Å². The fraction of sp³-hybridized carbons (Fsp3) is 0.353. The predicted molar refractivity (Wildman–Crippen MR) is 176 cm³/mol. The second-order valence-electron chi connectivity index (χ2n) is 11.3. The number of nitrogens with zero attached hydrogens (tertiary/aromatic N) is 5. The first-order valence-corrected chi connectivity index (χ1v) is 15.2. The minimum atomic E-state index is -0.0172. The summed E-state index contributed by atoms with van der Waals surface area (Å²) in [6, 6.07) is 17.7. The van der Waals surface area contributed by atoms with Crippen molar-refractivity contribution >= 4 is 40.2 Å². The molecule has 0 bridgehead atoms. The summed E-state index contributed by atoms with van der Waals surface area (Å²) in [7, 11) is 3.80. The SMILES string of the molecule is CCCC(=O)Nc1cccc(-c2nc(Nc3ccc4c(c3)C=NC4)c3cc(OCCN4CCN(C)CC4)c(OC)cc3n2)c1. The third-order valence-electron chi connectivity index (χ3n) is 8.02. The molecule has 6 rings (SSSR count). The molecule has 2 aliphatic rings. The number of aromatic nitrogens is 2. The number of methoxy groups -OCH3 is 1. The van der Waals surface area contributed by atoms with E-state index in [1.165, 1.54) is 5.56 Å². The molecule has 0 unspecified atom stereocenters. The van der Waals surface area contributed by atoms with Gasteiger partial charge in [0.25, 0.3) is 0 Å². The zero-order valence-electron chi connectivity index (χ0n) is 25.6. The Bertz CT molecular complexity index is 1680. The van der Waals surface area contributed by atoms with Crippen molar-refractivity contribution in [3.63, 3.8) is 0 Å². The molecule has 0 radical (unpaired) electrons. The monoisotopic (exact) mass is 593 g/mol. The number of amides is 1. The zero-order chi connectivity index (χ0) is 30.5. The number of carbonyl (C=O) groups is 1. The zero-order valence-corrected chi connectivity index (χ0v) is 25.6. The molecule has 1 aromatic heterocycles. The van der Waals surface area contributed by atoms with Crippen molar-refractivity contribution in [3.05, 3.63) is 65.7 Å². The molecule has 1 fully saturated rings. The van der Waals surface area contributed by atoms with Crippen LogP contribution in [0.1, 0.15) is 30.9 Å². The van der Waals surface area contributed by atoms with E-state index in [0.717, 1.165) is 61.3 Å². The Morgan fingerprint density at radius 3 is 2.66 bits per heavy atom. The second-order valence-corrected chi connectivity index (χ2v) is 11.3. The Hall–Kier alpha value is -4.54. The van der Waals surface area contributed by atoms with Crippen LogP contribution in [0.4, 0.5) is 17.2 Å². The van der Waals surface area contributed by atoms with E-state index in [1.807, 2.05) is 55.6 Å². The number of likely N-dealkylation sites (N-methyl/N-ethyl adjacent to an activating group) is 1. The first kappa shape index (κ1) is 29.5. The number of carbonyl (C=O) groups excluding carboxylic acids is 1. The molecule has 1 amide bonds. The van der Waals surface area contributed by atoms with Gasteiger partial charge >= 0.3 is 0 Å². The highest BCUT2D eigenvalue weighted by molar-refractivity contribution is 5.96. The lowest BCUT2D eigenvalue weighted by molar-refractivity contribution is -0.116. The van der Waals surface area contributed by atoms with Crippen LogP contribution in [0, 0.1) is 0 Å². The van der Waals surface area contributed by atoms with E-state index in [9.17, 15) is 4.79 Å². The first-order chi connectivity index (χ1) is 21.5. The lowest BCUT2D eigenvalue weighted by atomic mass is 10.1. The largest absolute Gasteiger partial charge is 0.493 e. The molecular formula is C34H39N7O3. The highest BCUT2D eigenvalue weighted by Crippen LogP contribution is 2.37. The fourth-order valence-corrected chi connectivity index (χ4v) is 5.49. The Kier molecular flexibility index (Phi) is 8.99. The van der Waals surface area contributed by atoms with Gasteiger partial charge in [0.2, 0.25) is 5.91 Å². The van der Waals surface area contributed by atoms with Crippen LogP contribution >= 0.6 is 0 Å². The maximum Gasteiger partial charge on any atom is 0.224 e. The summed E-state index contributed by atoms with van der Waals surface area (Å²) in [5.74, 6) is 2.42. The molecule has 1 saturated heterocycles. The molecule has 10 nitrogen and oxygen atoms in total. The van der Waals surface area contributed by atoms with Crippen LogP contribution in [-0.2, 0) is 11.3 Å². The van der Waals surface area contributed by atoms with Crippen molar-refractivity contribution in [1.29, 1.82) is 0 Å². The molecule has 2 N–H and O–H groups in total. The van der Waals surface area contributed by atoms with Gasteiger partial charge in [0, 0.05) is 73.8 Å². The van der Waals surface area contributed by atoms with E-state index in [1.54, 1.807) is 7.11 Å². The van der Waals surface area contributed by atoms with E-state index in [0.29, 0.717) is 53.9 Å². The van der Waals surface area contributed by atoms with E-state index >= 15 is 0 Å². The quantitative estimate of drug-likeness (QED) is 0.240. The van der Waals surface area contributed by atoms with Crippen molar-refractivity contribution in [2.45, 2.75) is 26.3 Å². The number of benzene rings is 3. The van der Waals surface area contributed by atoms with Crippen molar-refractivity contribution in [2.75, 3.05) is 64.1 Å². The van der Waals surface area contributed by atoms with Crippen LogP contribution < -0.4 is 20.1 Å². The van der Waals surface area contributed by atoms with E-state index in [4.69, 9.17) is 19.4 Å². The summed E-state index contributed by atoms with van der Waals surface area (Å²) in [6.07, 6.45) is 3.15. The molecule has 3 aromatic carbocycles. The molecule has 0 spiro atoms. The number of fused-ring (bicyclic) bond motifs is 2. The summed E-state index contributed by atoms with van der Waals surface area (Å²) in [5, 5.41) is 7.32. The molecule has 44 heavy (non-hydrogen) atoms. The molecule has 0 aliphatic carbocycles. The second kappa shape index (κ2) is 13.4. The smallest absolute Gasteiger partial charge is 0.224 e. The van der Waals surface area contributed by atoms with Gasteiger partial charge in [-0.15, -0.1) is 0 Å². The number of piperazine rings is 1. The summed E-state index contributed by atoms with van der Waals surface area (Å²) in [6.45, 7) is 8.29. The van der Waals surface area contributed by atoms with Gasteiger partial charge < -0.3 is 25.0 Å². The van der Waals surface area contributed by atoms with Gasteiger partial charge in [-0.3, -0.25) is 14.7 Å². The molecule has 2 aliphatic heterocycles. The topological polar surface area (TPSA) is 104 Å². The maximum absolute atomic E-state index is 12.3. The van der Waals surface area contributed by atoms with Crippen molar-refractivity contribution < 1.29 is 14.3 Å². The Morgan fingerprint density at radius 2 is 1.84 bits per heavy atom. The molecule has 0 atom stereocenters. The summed E-state index contributed by atoms with van der Waals surface area (Å²) < 4.78 is 12.1. The average Bonchev–Trinajstić information content (AvgIpc) is 3.50. The number of hydrogen-bond donors (Lipinski definition) is 2. The average molecular weight is 594 g/mol. The number of hydrogen-bond acceptors (Lipinski definition) is 9. The summed E-state index contributed by atoms with van der Waals surface area (Å²) in [5.41, 5.74) is 5.40. The Labute approximate surface area is 258 Å². The molecular weight excluding hydrogens is 554 g/mol. The van der Waals surface area contributed by atoms with Crippen LogP contribution in [-0.4, -0.2) is 85.4 Å². The standard InChI is InChI=1S/C34H39N7O3/c1-4-6-32(42)36-26-8-5-7-23(17-26)33-38-29-20-30(43-3)31(44-16-15-41-13-11-40(2)12-14-41)19-28(29)34(39-33)37-27-10-9-24-21-35-22-25(24)18-27/h5,7-10,17-20,22H,4,6,11-16,21H2,1-3H3,(H,36,42)(H,37,38,39). The minimum absolute atomic E-state index is 0.0172. The minimum Gasteiger partial charge on any atom is -0.493 e. The van der Waals surface area contributed by atoms with Crippen LogP contribution in [0.25, 0.3) is 22.3 Å². The molecule has 0 saturated carbocycles. The summed E-state index contributed by atoms with van der Waals surface area (Å²) >= 11 is 0. The van der Waals surface area contributed by atoms with Gasteiger partial charge in [0.1, 0.15) is 12.4 Å².